The van der Waals surface area contributed by atoms with E-state index in [1.54, 1.807) is 42.5 Å². The molecule has 1 saturated heterocycles. The number of carbonyl (C=O) groups excluding carboxylic acids is 3. The Morgan fingerprint density at radius 3 is 2.69 bits per heavy atom. The van der Waals surface area contributed by atoms with Crippen LogP contribution in [0, 0.1) is 13.8 Å². The van der Waals surface area contributed by atoms with E-state index >= 15 is 0 Å². The lowest BCUT2D eigenvalue weighted by Gasteiger charge is -2.29. The first-order valence-electron chi connectivity index (χ1n) is 12.5. The topological polar surface area (TPSA) is 80.6 Å². The van der Waals surface area contributed by atoms with E-state index in [9.17, 15) is 14.4 Å². The minimum Gasteiger partial charge on any atom is -0.462 e. The quantitative estimate of drug-likeness (QED) is 0.159. The van der Waals surface area contributed by atoms with Crippen LogP contribution >= 0.6 is 46.8 Å². The Bertz CT molecular complexity index is 1590. The number of thiocarbonyl (C=S) groups is 1. The van der Waals surface area contributed by atoms with Crippen molar-refractivity contribution < 1.29 is 19.1 Å². The monoisotopic (exact) mass is 601 g/mol. The third kappa shape index (κ3) is 4.82. The summed E-state index contributed by atoms with van der Waals surface area (Å²) in [6.45, 7) is 5.91. The van der Waals surface area contributed by atoms with Gasteiger partial charge in [0.1, 0.15) is 10.6 Å². The van der Waals surface area contributed by atoms with Crippen LogP contribution in [0.25, 0.3) is 11.1 Å². The van der Waals surface area contributed by atoms with E-state index in [1.807, 2.05) is 24.5 Å². The fourth-order valence-electron chi connectivity index (χ4n) is 5.07. The number of carbonyl (C=O) groups is 3. The lowest BCUT2D eigenvalue weighted by Crippen LogP contribution is -2.54. The number of aryl methyl sites for hydroxylation is 2. The van der Waals surface area contributed by atoms with Gasteiger partial charge in [-0.15, -0.1) is 11.3 Å². The molecule has 3 heterocycles. The molecule has 0 radical (unpaired) electrons. The number of nitrogens with one attached hydrogen (secondary N) is 1. The minimum absolute atomic E-state index is 0.0833. The van der Waals surface area contributed by atoms with Gasteiger partial charge < -0.3 is 9.30 Å². The molecule has 5 rings (SSSR count). The van der Waals surface area contributed by atoms with E-state index in [0.29, 0.717) is 11.1 Å². The first-order valence-corrected chi connectivity index (χ1v) is 14.5. The predicted octanol–water partition coefficient (Wildman–Crippen LogP) is 6.35. The molecule has 7 nitrogen and oxygen atoms in total. The first kappa shape index (κ1) is 27.6. The third-order valence-electron chi connectivity index (χ3n) is 6.88. The molecule has 0 unspecified atom stereocenters. The van der Waals surface area contributed by atoms with Crippen molar-refractivity contribution in [1.82, 2.24) is 9.88 Å². The molecule has 11 heteroatoms. The van der Waals surface area contributed by atoms with Crippen molar-refractivity contribution >= 4 is 81.4 Å². The second-order valence-corrected chi connectivity index (χ2v) is 11.6. The van der Waals surface area contributed by atoms with Gasteiger partial charge in [-0.25, -0.2) is 4.79 Å². The molecule has 2 aliphatic rings. The van der Waals surface area contributed by atoms with Crippen molar-refractivity contribution in [3.05, 3.63) is 72.8 Å². The van der Waals surface area contributed by atoms with Crippen LogP contribution < -0.4 is 10.2 Å². The van der Waals surface area contributed by atoms with Crippen LogP contribution in [-0.2, 0) is 27.2 Å². The number of thiophene rings is 1. The Labute approximate surface area is 245 Å². The van der Waals surface area contributed by atoms with Crippen molar-refractivity contribution in [3.8, 4) is 5.00 Å². The standard InChI is InChI=1S/C28H25Cl2N3O4S2/c1-4-37-27(36)22-17-8-5-6-11-21(17)39-26(22)32-14(2)12-16(15(32)3)13-18-24(34)31-28(38)33(25(18)35)20-10-7-9-19(29)23(20)30/h7,9-10,12-13H,4-6,8,11H2,1-3H3,(H,31,34,38)/b18-13+. The zero-order valence-corrected chi connectivity index (χ0v) is 24.7. The molecule has 1 aliphatic heterocycles. The van der Waals surface area contributed by atoms with Gasteiger partial charge in [-0.1, -0.05) is 29.3 Å². The van der Waals surface area contributed by atoms with Gasteiger partial charge in [0.2, 0.25) is 0 Å². The van der Waals surface area contributed by atoms with Crippen LogP contribution in [0.5, 0.6) is 0 Å². The Hall–Kier alpha value is -2.98. The number of aromatic nitrogens is 1. The Balaban J connectivity index is 1.60. The normalized spacial score (nSPS) is 16.5. The third-order valence-corrected chi connectivity index (χ3v) is 9.25. The van der Waals surface area contributed by atoms with Crippen molar-refractivity contribution in [2.24, 2.45) is 0 Å². The van der Waals surface area contributed by atoms with Crippen molar-refractivity contribution in [2.45, 2.75) is 46.5 Å². The number of hydrogen-bond donors (Lipinski definition) is 1. The molecule has 2 amide bonds. The number of hydrogen-bond acceptors (Lipinski definition) is 6. The van der Waals surface area contributed by atoms with E-state index in [1.165, 1.54) is 9.78 Å². The highest BCUT2D eigenvalue weighted by atomic mass is 35.5. The molecule has 0 bridgehead atoms. The van der Waals surface area contributed by atoms with Gasteiger partial charge in [0, 0.05) is 16.3 Å². The molecule has 1 fully saturated rings. The van der Waals surface area contributed by atoms with Crippen LogP contribution in [-0.4, -0.2) is 34.1 Å². The molecule has 1 aliphatic carbocycles. The highest BCUT2D eigenvalue weighted by molar-refractivity contribution is 7.80. The maximum atomic E-state index is 13.6. The minimum atomic E-state index is -0.614. The van der Waals surface area contributed by atoms with E-state index < -0.39 is 11.8 Å². The number of esters is 1. The summed E-state index contributed by atoms with van der Waals surface area (Å²) in [5, 5.41) is 3.70. The van der Waals surface area contributed by atoms with Crippen LogP contribution in [0.2, 0.25) is 10.0 Å². The molecular formula is C28H25Cl2N3O4S2. The molecule has 0 spiro atoms. The SMILES string of the molecule is CCOC(=O)c1c(-n2c(C)cc(/C=C3\C(=O)NC(=S)N(c4cccc(Cl)c4Cl)C3=O)c2C)sc2c1CCCC2. The van der Waals surface area contributed by atoms with Crippen LogP contribution in [0.4, 0.5) is 5.69 Å². The van der Waals surface area contributed by atoms with Crippen molar-refractivity contribution in [3.63, 3.8) is 0 Å². The van der Waals surface area contributed by atoms with Gasteiger partial charge in [-0.3, -0.25) is 19.8 Å². The number of anilines is 1. The summed E-state index contributed by atoms with van der Waals surface area (Å²) in [6.07, 6.45) is 5.43. The van der Waals surface area contributed by atoms with E-state index in [-0.39, 0.29) is 39.0 Å². The zero-order chi connectivity index (χ0) is 28.0. The summed E-state index contributed by atoms with van der Waals surface area (Å²) in [5.74, 6) is -1.55. The summed E-state index contributed by atoms with van der Waals surface area (Å²) in [6, 6.07) is 6.74. The van der Waals surface area contributed by atoms with Gasteiger partial charge in [-0.2, -0.15) is 0 Å². The zero-order valence-electron chi connectivity index (χ0n) is 21.5. The van der Waals surface area contributed by atoms with Gasteiger partial charge in [0.05, 0.1) is 27.9 Å². The molecule has 3 aromatic rings. The maximum absolute atomic E-state index is 13.6. The van der Waals surface area contributed by atoms with E-state index in [4.69, 9.17) is 40.2 Å². The Morgan fingerprint density at radius 1 is 1.21 bits per heavy atom. The van der Waals surface area contributed by atoms with Crippen LogP contribution in [0.1, 0.15) is 57.5 Å². The smallest absolute Gasteiger partial charge is 0.341 e. The molecule has 202 valence electrons. The number of amides is 2. The highest BCUT2D eigenvalue weighted by Crippen LogP contribution is 2.40. The summed E-state index contributed by atoms with van der Waals surface area (Å²) >= 11 is 19.4. The molecule has 0 saturated carbocycles. The number of nitrogens with zero attached hydrogens (tertiary/aromatic N) is 2. The Morgan fingerprint density at radius 2 is 1.95 bits per heavy atom. The molecule has 39 heavy (non-hydrogen) atoms. The Kier molecular flexibility index (Phi) is 7.70. The van der Waals surface area contributed by atoms with Gasteiger partial charge in [-0.05, 0) is 94.1 Å². The van der Waals surface area contributed by atoms with Gasteiger partial charge in [0.25, 0.3) is 11.8 Å². The average molecular weight is 603 g/mol. The van der Waals surface area contributed by atoms with Crippen LogP contribution in [0.3, 0.4) is 0 Å². The second-order valence-electron chi connectivity index (χ2n) is 9.30. The van der Waals surface area contributed by atoms with Crippen molar-refractivity contribution in [1.29, 1.82) is 0 Å². The predicted molar refractivity (Wildman–Crippen MR) is 158 cm³/mol. The van der Waals surface area contributed by atoms with E-state index in [2.05, 4.69) is 5.32 Å². The summed E-state index contributed by atoms with van der Waals surface area (Å²) < 4.78 is 7.44. The largest absolute Gasteiger partial charge is 0.462 e. The number of fused-ring (bicyclic) bond motifs is 1. The molecule has 2 aromatic heterocycles. The number of halogens is 2. The molecule has 1 aromatic carbocycles. The number of benzene rings is 1. The fraction of sp³-hybridized carbons (Fsp3) is 0.286. The lowest BCUT2D eigenvalue weighted by atomic mass is 9.95. The molecule has 0 atom stereocenters. The van der Waals surface area contributed by atoms with Gasteiger partial charge in [0.15, 0.2) is 5.11 Å². The summed E-state index contributed by atoms with van der Waals surface area (Å²) in [7, 11) is 0. The second kappa shape index (κ2) is 10.9. The first-order chi connectivity index (χ1) is 18.6. The van der Waals surface area contributed by atoms with E-state index in [0.717, 1.165) is 47.6 Å². The van der Waals surface area contributed by atoms with Gasteiger partial charge >= 0.3 is 5.97 Å². The number of ether oxygens (including phenoxy) is 1. The van der Waals surface area contributed by atoms with Crippen molar-refractivity contribution in [2.75, 3.05) is 11.5 Å². The van der Waals surface area contributed by atoms with Crippen LogP contribution in [0.15, 0.2) is 29.8 Å². The fourth-order valence-corrected chi connectivity index (χ4v) is 7.21. The summed E-state index contributed by atoms with van der Waals surface area (Å²) in [4.78, 5) is 42.0. The summed E-state index contributed by atoms with van der Waals surface area (Å²) in [5.41, 5.74) is 4.15. The maximum Gasteiger partial charge on any atom is 0.341 e. The highest BCUT2D eigenvalue weighted by Gasteiger charge is 2.36. The average Bonchev–Trinajstić information content (AvgIpc) is 3.40. The lowest BCUT2D eigenvalue weighted by molar-refractivity contribution is -0.122. The molecular weight excluding hydrogens is 577 g/mol. The number of rotatable bonds is 5. The molecule has 1 N–H and O–H groups in total.